The molecule has 0 aromatic carbocycles. The van der Waals surface area contributed by atoms with Crippen LogP contribution in [0.4, 0.5) is 0 Å². The van der Waals surface area contributed by atoms with Crippen LogP contribution in [0.1, 0.15) is 60.3 Å². The second kappa shape index (κ2) is 5.05. The molecule has 0 bridgehead atoms. The third-order valence-electron chi connectivity index (χ3n) is 3.80. The zero-order valence-corrected chi connectivity index (χ0v) is 11.6. The quantitative estimate of drug-likeness (QED) is 0.777. The molecule has 2 unspecified atom stereocenters. The van der Waals surface area contributed by atoms with Gasteiger partial charge >= 0.3 is 0 Å². The van der Waals surface area contributed by atoms with Gasteiger partial charge in [0.2, 0.25) is 0 Å². The molecule has 0 spiro atoms. The molecule has 0 amide bonds. The first-order valence-electron chi connectivity index (χ1n) is 6.62. The van der Waals surface area contributed by atoms with Crippen LogP contribution < -0.4 is 5.32 Å². The Balaban J connectivity index is 2.33. The van der Waals surface area contributed by atoms with E-state index in [0.29, 0.717) is 11.5 Å². The van der Waals surface area contributed by atoms with E-state index in [2.05, 4.69) is 39.9 Å². The fraction of sp³-hybridized carbons (Fsp3) is 1.00. The van der Waals surface area contributed by atoms with E-state index in [9.17, 15) is 5.11 Å². The summed E-state index contributed by atoms with van der Waals surface area (Å²) in [5, 5.41) is 13.5. The fourth-order valence-electron chi connectivity index (χ4n) is 2.46. The molecule has 2 N–H and O–H groups in total. The Bertz CT molecular complexity index is 217. The summed E-state index contributed by atoms with van der Waals surface area (Å²) in [5.41, 5.74) is 0.458. The van der Waals surface area contributed by atoms with E-state index >= 15 is 0 Å². The lowest BCUT2D eigenvalue weighted by Gasteiger charge is -2.37. The maximum atomic E-state index is 9.98. The van der Waals surface area contributed by atoms with Gasteiger partial charge in [0.05, 0.1) is 6.10 Å². The minimum Gasteiger partial charge on any atom is -0.391 e. The van der Waals surface area contributed by atoms with Crippen LogP contribution in [0, 0.1) is 10.8 Å². The van der Waals surface area contributed by atoms with Crippen molar-refractivity contribution in [2.24, 2.45) is 10.8 Å². The summed E-state index contributed by atoms with van der Waals surface area (Å²) in [6.45, 7) is 11.7. The maximum Gasteiger partial charge on any atom is 0.0712 e. The molecule has 1 fully saturated rings. The van der Waals surface area contributed by atoms with Gasteiger partial charge in [-0.05, 0) is 30.1 Å². The summed E-state index contributed by atoms with van der Waals surface area (Å²) >= 11 is 0. The van der Waals surface area contributed by atoms with Crippen LogP contribution in [0.3, 0.4) is 0 Å². The van der Waals surface area contributed by atoms with Gasteiger partial charge in [-0.1, -0.05) is 41.0 Å². The molecule has 96 valence electrons. The van der Waals surface area contributed by atoms with Crippen LogP contribution in [-0.2, 0) is 0 Å². The minimum atomic E-state index is -0.252. The molecule has 1 rings (SSSR count). The molecule has 2 nitrogen and oxygen atoms in total. The van der Waals surface area contributed by atoms with Crippen LogP contribution in [0.2, 0.25) is 0 Å². The van der Waals surface area contributed by atoms with E-state index in [1.165, 1.54) is 25.7 Å². The number of aliphatic hydroxyl groups excluding tert-OH is 1. The summed E-state index contributed by atoms with van der Waals surface area (Å²) < 4.78 is 0. The lowest BCUT2D eigenvalue weighted by molar-refractivity contribution is 0.0560. The summed E-state index contributed by atoms with van der Waals surface area (Å²) in [4.78, 5) is 0. The molecule has 0 saturated heterocycles. The van der Waals surface area contributed by atoms with Crippen molar-refractivity contribution in [1.29, 1.82) is 0 Å². The van der Waals surface area contributed by atoms with Gasteiger partial charge in [-0.15, -0.1) is 0 Å². The molecular weight excluding hydrogens is 198 g/mol. The van der Waals surface area contributed by atoms with Crippen LogP contribution >= 0.6 is 0 Å². The molecule has 0 aliphatic heterocycles. The average molecular weight is 227 g/mol. The molecule has 0 radical (unpaired) electrons. The van der Waals surface area contributed by atoms with Gasteiger partial charge in [0.25, 0.3) is 0 Å². The smallest absolute Gasteiger partial charge is 0.0712 e. The normalized spacial score (nSPS) is 27.8. The molecule has 0 aromatic heterocycles. The first kappa shape index (κ1) is 14.0. The van der Waals surface area contributed by atoms with Crippen molar-refractivity contribution < 1.29 is 5.11 Å². The van der Waals surface area contributed by atoms with Crippen LogP contribution in [0.25, 0.3) is 0 Å². The molecule has 2 atom stereocenters. The number of rotatable bonds is 3. The summed E-state index contributed by atoms with van der Waals surface area (Å²) in [5.74, 6) is 0. The zero-order chi connectivity index (χ0) is 12.4. The Morgan fingerprint density at radius 2 is 2.00 bits per heavy atom. The average Bonchev–Trinajstić information content (AvgIpc) is 2.11. The minimum absolute atomic E-state index is 0.0167. The maximum absolute atomic E-state index is 9.98. The standard InChI is InChI=1S/C14H29NO/c1-13(2,3)12(16)10-15-11-7-6-8-14(4,5)9-11/h11-12,15-16H,6-10H2,1-5H3. The lowest BCUT2D eigenvalue weighted by Crippen LogP contribution is -2.44. The van der Waals surface area contributed by atoms with Crippen LogP contribution in [0.5, 0.6) is 0 Å². The molecule has 1 saturated carbocycles. The van der Waals surface area contributed by atoms with Gasteiger partial charge in [0.15, 0.2) is 0 Å². The van der Waals surface area contributed by atoms with E-state index in [4.69, 9.17) is 0 Å². The van der Waals surface area contributed by atoms with Crippen molar-refractivity contribution in [2.45, 2.75) is 72.4 Å². The van der Waals surface area contributed by atoms with Crippen molar-refractivity contribution in [2.75, 3.05) is 6.54 Å². The monoisotopic (exact) mass is 227 g/mol. The highest BCUT2D eigenvalue weighted by Crippen LogP contribution is 2.35. The van der Waals surface area contributed by atoms with Gasteiger partial charge in [-0.25, -0.2) is 0 Å². The van der Waals surface area contributed by atoms with Crippen molar-refractivity contribution in [1.82, 2.24) is 5.32 Å². The predicted octanol–water partition coefficient (Wildman–Crippen LogP) is 2.95. The van der Waals surface area contributed by atoms with E-state index in [1.54, 1.807) is 0 Å². The van der Waals surface area contributed by atoms with Crippen molar-refractivity contribution >= 4 is 0 Å². The van der Waals surface area contributed by atoms with Gasteiger partial charge in [-0.3, -0.25) is 0 Å². The first-order valence-corrected chi connectivity index (χ1v) is 6.62. The fourth-order valence-corrected chi connectivity index (χ4v) is 2.46. The largest absolute Gasteiger partial charge is 0.391 e. The SMILES string of the molecule is CC1(C)CCCC(NCC(O)C(C)(C)C)C1. The molecule has 2 heteroatoms. The van der Waals surface area contributed by atoms with Gasteiger partial charge in [-0.2, -0.15) is 0 Å². The summed E-state index contributed by atoms with van der Waals surface area (Å²) in [7, 11) is 0. The third-order valence-corrected chi connectivity index (χ3v) is 3.80. The molecule has 0 heterocycles. The Hall–Kier alpha value is -0.0800. The highest BCUT2D eigenvalue weighted by Gasteiger charge is 2.29. The second-order valence-corrected chi connectivity index (χ2v) is 7.25. The lowest BCUT2D eigenvalue weighted by atomic mass is 9.75. The van der Waals surface area contributed by atoms with Gasteiger partial charge < -0.3 is 10.4 Å². The van der Waals surface area contributed by atoms with Crippen LogP contribution in [0.15, 0.2) is 0 Å². The van der Waals surface area contributed by atoms with Crippen molar-refractivity contribution in [3.05, 3.63) is 0 Å². The first-order chi connectivity index (χ1) is 7.21. The molecular formula is C14H29NO. The van der Waals surface area contributed by atoms with Crippen LogP contribution in [-0.4, -0.2) is 23.8 Å². The highest BCUT2D eigenvalue weighted by molar-refractivity contribution is 4.85. The van der Waals surface area contributed by atoms with Crippen molar-refractivity contribution in [3.8, 4) is 0 Å². The second-order valence-electron chi connectivity index (χ2n) is 7.25. The number of aliphatic hydroxyl groups is 1. The topological polar surface area (TPSA) is 32.3 Å². The Kier molecular flexibility index (Phi) is 4.42. The molecule has 1 aliphatic rings. The summed E-state index contributed by atoms with van der Waals surface area (Å²) in [6, 6.07) is 0.598. The Morgan fingerprint density at radius 3 is 2.50 bits per heavy atom. The van der Waals surface area contributed by atoms with E-state index in [1.807, 2.05) is 0 Å². The number of hydrogen-bond donors (Lipinski definition) is 2. The predicted molar refractivity (Wildman–Crippen MR) is 69.5 cm³/mol. The third kappa shape index (κ3) is 4.42. The number of nitrogens with one attached hydrogen (secondary N) is 1. The molecule has 0 aromatic rings. The highest BCUT2D eigenvalue weighted by atomic mass is 16.3. The Labute approximate surface area is 101 Å². The Morgan fingerprint density at radius 1 is 1.38 bits per heavy atom. The van der Waals surface area contributed by atoms with Gasteiger partial charge in [0, 0.05) is 12.6 Å². The number of hydrogen-bond acceptors (Lipinski definition) is 2. The van der Waals surface area contributed by atoms with E-state index < -0.39 is 0 Å². The van der Waals surface area contributed by atoms with E-state index in [0.717, 1.165) is 6.54 Å². The van der Waals surface area contributed by atoms with E-state index in [-0.39, 0.29) is 11.5 Å². The molecule has 16 heavy (non-hydrogen) atoms. The zero-order valence-electron chi connectivity index (χ0n) is 11.6. The van der Waals surface area contributed by atoms with Crippen molar-refractivity contribution in [3.63, 3.8) is 0 Å². The molecule has 1 aliphatic carbocycles. The van der Waals surface area contributed by atoms with Gasteiger partial charge in [0.1, 0.15) is 0 Å². The summed E-state index contributed by atoms with van der Waals surface area (Å²) in [6.07, 6.45) is 4.91.